The lowest BCUT2D eigenvalue weighted by atomic mass is 9.77. The first-order valence-electron chi connectivity index (χ1n) is 5.85. The molecule has 5 heteroatoms. The molecule has 5 nitrogen and oxygen atoms in total. The fourth-order valence-corrected chi connectivity index (χ4v) is 1.97. The zero-order valence-electron chi connectivity index (χ0n) is 9.95. The summed E-state index contributed by atoms with van der Waals surface area (Å²) < 4.78 is 10.7. The fraction of sp³-hybridized carbons (Fsp3) is 0.818. The highest BCUT2D eigenvalue weighted by Crippen LogP contribution is 2.37. The molecule has 0 spiro atoms. The lowest BCUT2D eigenvalue weighted by molar-refractivity contribution is -0.0751. The lowest BCUT2D eigenvalue weighted by Gasteiger charge is -2.39. The summed E-state index contributed by atoms with van der Waals surface area (Å²) in [5.74, 6) is 1.41. The summed E-state index contributed by atoms with van der Waals surface area (Å²) in [6, 6.07) is 0. The molecule has 90 valence electrons. The number of rotatable bonds is 6. The SMILES string of the molecule is CCNCc1noc(CC2(OC)CCC2)n1. The first-order valence-corrected chi connectivity index (χ1v) is 5.85. The van der Waals surface area contributed by atoms with Crippen LogP contribution >= 0.6 is 0 Å². The molecule has 0 unspecified atom stereocenters. The van der Waals surface area contributed by atoms with E-state index >= 15 is 0 Å². The van der Waals surface area contributed by atoms with Gasteiger partial charge in [0.05, 0.1) is 18.6 Å². The minimum atomic E-state index is -0.0397. The van der Waals surface area contributed by atoms with Crippen LogP contribution in [0, 0.1) is 0 Å². The quantitative estimate of drug-likeness (QED) is 0.790. The smallest absolute Gasteiger partial charge is 0.229 e. The summed E-state index contributed by atoms with van der Waals surface area (Å²) in [5.41, 5.74) is -0.0397. The molecule has 0 aliphatic heterocycles. The molecule has 1 N–H and O–H groups in total. The minimum Gasteiger partial charge on any atom is -0.378 e. The second-order valence-electron chi connectivity index (χ2n) is 4.30. The first-order chi connectivity index (χ1) is 7.78. The molecule has 0 saturated heterocycles. The molecule has 0 bridgehead atoms. The molecule has 1 aliphatic carbocycles. The van der Waals surface area contributed by atoms with Gasteiger partial charge < -0.3 is 14.6 Å². The van der Waals surface area contributed by atoms with Crippen LogP contribution in [-0.4, -0.2) is 29.4 Å². The van der Waals surface area contributed by atoms with Crippen LogP contribution in [-0.2, 0) is 17.7 Å². The zero-order chi connectivity index (χ0) is 11.4. The van der Waals surface area contributed by atoms with Gasteiger partial charge in [-0.2, -0.15) is 4.98 Å². The second-order valence-corrected chi connectivity index (χ2v) is 4.30. The van der Waals surface area contributed by atoms with Crippen LogP contribution in [0.2, 0.25) is 0 Å². The molecule has 2 rings (SSSR count). The maximum Gasteiger partial charge on any atom is 0.229 e. The summed E-state index contributed by atoms with van der Waals surface area (Å²) in [7, 11) is 1.76. The van der Waals surface area contributed by atoms with Crippen molar-refractivity contribution in [2.45, 2.75) is 44.8 Å². The Labute approximate surface area is 95.6 Å². The number of hydrogen-bond donors (Lipinski definition) is 1. The van der Waals surface area contributed by atoms with Gasteiger partial charge in [0, 0.05) is 7.11 Å². The monoisotopic (exact) mass is 225 g/mol. The maximum absolute atomic E-state index is 5.52. The number of ether oxygens (including phenoxy) is 1. The molecule has 0 radical (unpaired) electrons. The second kappa shape index (κ2) is 4.93. The van der Waals surface area contributed by atoms with Crippen molar-refractivity contribution in [3.8, 4) is 0 Å². The molecular weight excluding hydrogens is 206 g/mol. The first kappa shape index (κ1) is 11.5. The average molecular weight is 225 g/mol. The topological polar surface area (TPSA) is 60.2 Å². The normalized spacial score (nSPS) is 18.4. The van der Waals surface area contributed by atoms with E-state index in [0.29, 0.717) is 12.4 Å². The fourth-order valence-electron chi connectivity index (χ4n) is 1.97. The Balaban J connectivity index is 1.91. The van der Waals surface area contributed by atoms with E-state index in [9.17, 15) is 0 Å². The Morgan fingerprint density at radius 3 is 2.88 bits per heavy atom. The summed E-state index contributed by atoms with van der Waals surface area (Å²) in [6.45, 7) is 3.63. The summed E-state index contributed by atoms with van der Waals surface area (Å²) in [4.78, 5) is 4.34. The van der Waals surface area contributed by atoms with Crippen LogP contribution in [0.1, 0.15) is 37.9 Å². The van der Waals surface area contributed by atoms with Crippen molar-refractivity contribution in [1.29, 1.82) is 0 Å². The van der Waals surface area contributed by atoms with Gasteiger partial charge in [0.1, 0.15) is 0 Å². The Bertz CT molecular complexity index is 328. The van der Waals surface area contributed by atoms with Gasteiger partial charge in [0.25, 0.3) is 0 Å². The Morgan fingerprint density at radius 1 is 1.50 bits per heavy atom. The highest BCUT2D eigenvalue weighted by molar-refractivity contribution is 4.98. The molecule has 1 saturated carbocycles. The van der Waals surface area contributed by atoms with Gasteiger partial charge in [-0.15, -0.1) is 0 Å². The van der Waals surface area contributed by atoms with Gasteiger partial charge >= 0.3 is 0 Å². The Hall–Kier alpha value is -0.940. The largest absolute Gasteiger partial charge is 0.378 e. The maximum atomic E-state index is 5.52. The van der Waals surface area contributed by atoms with Gasteiger partial charge in [0.2, 0.25) is 5.89 Å². The van der Waals surface area contributed by atoms with E-state index in [2.05, 4.69) is 22.4 Å². The summed E-state index contributed by atoms with van der Waals surface area (Å²) in [6.07, 6.45) is 4.15. The van der Waals surface area contributed by atoms with Crippen LogP contribution < -0.4 is 5.32 Å². The Morgan fingerprint density at radius 2 is 2.31 bits per heavy atom. The standard InChI is InChI=1S/C11H19N3O2/c1-3-12-8-9-13-10(16-14-9)7-11(15-2)5-4-6-11/h12H,3-8H2,1-2H3. The highest BCUT2D eigenvalue weighted by atomic mass is 16.5. The van der Waals surface area contributed by atoms with E-state index in [-0.39, 0.29) is 5.60 Å². The lowest BCUT2D eigenvalue weighted by Crippen LogP contribution is -2.41. The summed E-state index contributed by atoms with van der Waals surface area (Å²) in [5, 5.41) is 7.09. The zero-order valence-corrected chi connectivity index (χ0v) is 9.95. The van der Waals surface area contributed by atoms with Crippen molar-refractivity contribution < 1.29 is 9.26 Å². The van der Waals surface area contributed by atoms with Crippen molar-refractivity contribution in [2.24, 2.45) is 0 Å². The van der Waals surface area contributed by atoms with E-state index in [1.165, 1.54) is 6.42 Å². The molecule has 1 heterocycles. The van der Waals surface area contributed by atoms with Crippen molar-refractivity contribution in [2.75, 3.05) is 13.7 Å². The van der Waals surface area contributed by atoms with E-state index < -0.39 is 0 Å². The number of nitrogens with one attached hydrogen (secondary N) is 1. The van der Waals surface area contributed by atoms with Gasteiger partial charge in [0.15, 0.2) is 5.82 Å². The van der Waals surface area contributed by atoms with Gasteiger partial charge in [-0.3, -0.25) is 0 Å². The average Bonchev–Trinajstić information content (AvgIpc) is 2.68. The molecule has 16 heavy (non-hydrogen) atoms. The van der Waals surface area contributed by atoms with E-state index in [1.807, 2.05) is 0 Å². The van der Waals surface area contributed by atoms with Crippen molar-refractivity contribution in [1.82, 2.24) is 15.5 Å². The number of aromatic nitrogens is 2. The van der Waals surface area contributed by atoms with Crippen LogP contribution in [0.4, 0.5) is 0 Å². The number of hydrogen-bond acceptors (Lipinski definition) is 5. The van der Waals surface area contributed by atoms with Gasteiger partial charge in [-0.25, -0.2) is 0 Å². The Kier molecular flexibility index (Phi) is 3.56. The third-order valence-corrected chi connectivity index (χ3v) is 3.21. The third-order valence-electron chi connectivity index (χ3n) is 3.21. The molecule has 1 aromatic rings. The van der Waals surface area contributed by atoms with E-state index in [0.717, 1.165) is 31.6 Å². The van der Waals surface area contributed by atoms with Crippen LogP contribution in [0.3, 0.4) is 0 Å². The molecule has 0 aromatic carbocycles. The third kappa shape index (κ3) is 2.41. The van der Waals surface area contributed by atoms with Crippen molar-refractivity contribution >= 4 is 0 Å². The van der Waals surface area contributed by atoms with Crippen molar-refractivity contribution in [3.05, 3.63) is 11.7 Å². The van der Waals surface area contributed by atoms with Crippen LogP contribution in [0.5, 0.6) is 0 Å². The van der Waals surface area contributed by atoms with Gasteiger partial charge in [-0.1, -0.05) is 12.1 Å². The molecule has 0 atom stereocenters. The number of nitrogens with zero attached hydrogens (tertiary/aromatic N) is 2. The number of methoxy groups -OCH3 is 1. The minimum absolute atomic E-state index is 0.0397. The predicted octanol–water partition coefficient (Wildman–Crippen LogP) is 1.29. The van der Waals surface area contributed by atoms with Crippen LogP contribution in [0.15, 0.2) is 4.52 Å². The molecule has 1 aromatic heterocycles. The molecule has 1 fully saturated rings. The highest BCUT2D eigenvalue weighted by Gasteiger charge is 2.38. The molecular formula is C11H19N3O2. The predicted molar refractivity (Wildman–Crippen MR) is 59.0 cm³/mol. The summed E-state index contributed by atoms with van der Waals surface area (Å²) >= 11 is 0. The van der Waals surface area contributed by atoms with Gasteiger partial charge in [-0.05, 0) is 25.8 Å². The van der Waals surface area contributed by atoms with Crippen molar-refractivity contribution in [3.63, 3.8) is 0 Å². The van der Waals surface area contributed by atoms with Crippen LogP contribution in [0.25, 0.3) is 0 Å². The molecule has 1 aliphatic rings. The molecule has 0 amide bonds. The van der Waals surface area contributed by atoms with E-state index in [1.54, 1.807) is 7.11 Å². The van der Waals surface area contributed by atoms with E-state index in [4.69, 9.17) is 9.26 Å².